The molecule has 0 heterocycles. The number of hydrogen-bond donors (Lipinski definition) is 1. The lowest BCUT2D eigenvalue weighted by atomic mass is 10.0. The number of nitrogens with zero attached hydrogens (tertiary/aromatic N) is 1. The van der Waals surface area contributed by atoms with Crippen molar-refractivity contribution in [2.45, 2.75) is 19.4 Å². The first-order valence-electron chi connectivity index (χ1n) is 6.46. The SMILES string of the molecule is CCOCCN(C)C(CN)c1ccc(C(F)F)cc1. The van der Waals surface area contributed by atoms with E-state index in [1.165, 1.54) is 12.1 Å². The lowest BCUT2D eigenvalue weighted by Gasteiger charge is -2.27. The average Bonchev–Trinajstić information content (AvgIpc) is 2.40. The molecule has 0 aromatic heterocycles. The number of benzene rings is 1. The monoisotopic (exact) mass is 272 g/mol. The molecule has 1 rings (SSSR count). The van der Waals surface area contributed by atoms with E-state index in [9.17, 15) is 8.78 Å². The Labute approximate surface area is 113 Å². The molecule has 1 unspecified atom stereocenters. The van der Waals surface area contributed by atoms with Gasteiger partial charge in [-0.15, -0.1) is 0 Å². The zero-order valence-corrected chi connectivity index (χ0v) is 11.5. The highest BCUT2D eigenvalue weighted by Gasteiger charge is 2.16. The van der Waals surface area contributed by atoms with Gasteiger partial charge >= 0.3 is 0 Å². The molecule has 1 aromatic carbocycles. The van der Waals surface area contributed by atoms with Crippen LogP contribution in [0.3, 0.4) is 0 Å². The number of alkyl halides is 2. The molecule has 2 N–H and O–H groups in total. The lowest BCUT2D eigenvalue weighted by molar-refractivity contribution is 0.108. The second-order valence-electron chi connectivity index (χ2n) is 4.40. The van der Waals surface area contributed by atoms with Gasteiger partial charge in [0.15, 0.2) is 0 Å². The van der Waals surface area contributed by atoms with Crippen LogP contribution in [0.5, 0.6) is 0 Å². The fourth-order valence-corrected chi connectivity index (χ4v) is 1.94. The van der Waals surface area contributed by atoms with Gasteiger partial charge in [-0.3, -0.25) is 4.90 Å². The summed E-state index contributed by atoms with van der Waals surface area (Å²) in [6.07, 6.45) is -2.43. The highest BCUT2D eigenvalue weighted by Crippen LogP contribution is 2.23. The van der Waals surface area contributed by atoms with E-state index in [1.54, 1.807) is 12.1 Å². The summed E-state index contributed by atoms with van der Waals surface area (Å²) in [6, 6.07) is 6.37. The molecule has 0 aliphatic rings. The molecule has 0 aliphatic heterocycles. The van der Waals surface area contributed by atoms with Gasteiger partial charge in [-0.1, -0.05) is 24.3 Å². The first-order chi connectivity index (χ1) is 9.10. The van der Waals surface area contributed by atoms with Gasteiger partial charge in [-0.2, -0.15) is 0 Å². The maximum atomic E-state index is 12.5. The van der Waals surface area contributed by atoms with Gasteiger partial charge < -0.3 is 10.5 Å². The van der Waals surface area contributed by atoms with Gasteiger partial charge in [-0.25, -0.2) is 8.78 Å². The van der Waals surface area contributed by atoms with Gasteiger partial charge in [0, 0.05) is 31.3 Å². The van der Waals surface area contributed by atoms with Crippen molar-refractivity contribution >= 4 is 0 Å². The van der Waals surface area contributed by atoms with Crippen LogP contribution in [0.25, 0.3) is 0 Å². The first-order valence-corrected chi connectivity index (χ1v) is 6.46. The number of halogens is 2. The largest absolute Gasteiger partial charge is 0.380 e. The molecule has 1 aromatic rings. The summed E-state index contributed by atoms with van der Waals surface area (Å²) >= 11 is 0. The molecule has 1 atom stereocenters. The van der Waals surface area contributed by atoms with Gasteiger partial charge in [0.1, 0.15) is 0 Å². The van der Waals surface area contributed by atoms with Crippen molar-refractivity contribution in [1.82, 2.24) is 4.90 Å². The predicted octanol–water partition coefficient (Wildman–Crippen LogP) is 2.59. The fourth-order valence-electron chi connectivity index (χ4n) is 1.94. The highest BCUT2D eigenvalue weighted by atomic mass is 19.3. The normalized spacial score (nSPS) is 13.2. The van der Waals surface area contributed by atoms with Crippen molar-refractivity contribution < 1.29 is 13.5 Å². The molecule has 0 aliphatic carbocycles. The van der Waals surface area contributed by atoms with Crippen molar-refractivity contribution in [2.24, 2.45) is 5.73 Å². The molecule has 5 heteroatoms. The van der Waals surface area contributed by atoms with E-state index in [-0.39, 0.29) is 11.6 Å². The third-order valence-corrected chi connectivity index (χ3v) is 3.12. The van der Waals surface area contributed by atoms with Crippen LogP contribution >= 0.6 is 0 Å². The van der Waals surface area contributed by atoms with E-state index >= 15 is 0 Å². The Balaban J connectivity index is 2.67. The third-order valence-electron chi connectivity index (χ3n) is 3.12. The number of ether oxygens (including phenoxy) is 1. The second kappa shape index (κ2) is 8.19. The topological polar surface area (TPSA) is 38.5 Å². The van der Waals surface area contributed by atoms with Crippen molar-refractivity contribution in [2.75, 3.05) is 33.4 Å². The molecule has 0 bridgehead atoms. The maximum Gasteiger partial charge on any atom is 0.263 e. The lowest BCUT2D eigenvalue weighted by Crippen LogP contribution is -2.33. The van der Waals surface area contributed by atoms with Crippen molar-refractivity contribution in [3.8, 4) is 0 Å². The first kappa shape index (κ1) is 16.0. The quantitative estimate of drug-likeness (QED) is 0.739. The number of hydrogen-bond acceptors (Lipinski definition) is 3. The van der Waals surface area contributed by atoms with Crippen LogP contribution in [-0.4, -0.2) is 38.3 Å². The Hall–Kier alpha value is -1.04. The summed E-state index contributed by atoms with van der Waals surface area (Å²) < 4.78 is 30.3. The van der Waals surface area contributed by atoms with E-state index in [2.05, 4.69) is 4.90 Å². The molecule has 19 heavy (non-hydrogen) atoms. The Morgan fingerprint density at radius 1 is 1.21 bits per heavy atom. The molecule has 108 valence electrons. The Morgan fingerprint density at radius 2 is 1.79 bits per heavy atom. The third kappa shape index (κ3) is 4.86. The average molecular weight is 272 g/mol. The van der Waals surface area contributed by atoms with Gasteiger partial charge in [-0.05, 0) is 19.5 Å². The zero-order valence-electron chi connectivity index (χ0n) is 11.5. The predicted molar refractivity (Wildman–Crippen MR) is 72.3 cm³/mol. The Kier molecular flexibility index (Phi) is 6.91. The highest BCUT2D eigenvalue weighted by molar-refractivity contribution is 5.26. The Bertz CT molecular complexity index is 357. The number of nitrogens with two attached hydrogens (primary N) is 1. The molecular formula is C14H22F2N2O. The minimum absolute atomic E-state index is 0.0205. The van der Waals surface area contributed by atoms with Crippen LogP contribution in [0, 0.1) is 0 Å². The molecule has 0 spiro atoms. The van der Waals surface area contributed by atoms with Gasteiger partial charge in [0.25, 0.3) is 6.43 Å². The van der Waals surface area contributed by atoms with E-state index in [0.717, 1.165) is 12.1 Å². The van der Waals surface area contributed by atoms with Crippen LogP contribution in [-0.2, 0) is 4.74 Å². The second-order valence-corrected chi connectivity index (χ2v) is 4.40. The minimum atomic E-state index is -2.43. The van der Waals surface area contributed by atoms with E-state index < -0.39 is 6.43 Å². The molecule has 0 amide bonds. The van der Waals surface area contributed by atoms with Crippen molar-refractivity contribution in [3.63, 3.8) is 0 Å². The van der Waals surface area contributed by atoms with E-state index in [4.69, 9.17) is 10.5 Å². The summed E-state index contributed by atoms with van der Waals surface area (Å²) in [6.45, 7) is 4.47. The summed E-state index contributed by atoms with van der Waals surface area (Å²) in [5.74, 6) is 0. The van der Waals surface area contributed by atoms with Crippen LogP contribution in [0.1, 0.15) is 30.5 Å². The number of rotatable bonds is 8. The summed E-state index contributed by atoms with van der Waals surface area (Å²) in [4.78, 5) is 2.08. The molecule has 0 saturated heterocycles. The van der Waals surface area contributed by atoms with E-state index in [0.29, 0.717) is 19.8 Å². The summed E-state index contributed by atoms with van der Waals surface area (Å²) in [5.41, 5.74) is 6.77. The van der Waals surface area contributed by atoms with Crippen LogP contribution in [0.2, 0.25) is 0 Å². The molecule has 0 radical (unpaired) electrons. The summed E-state index contributed by atoms with van der Waals surface area (Å²) in [7, 11) is 1.96. The van der Waals surface area contributed by atoms with Crippen LogP contribution < -0.4 is 5.73 Å². The number of likely N-dealkylation sites (N-methyl/N-ethyl adjacent to an activating group) is 1. The summed E-state index contributed by atoms with van der Waals surface area (Å²) in [5, 5.41) is 0. The van der Waals surface area contributed by atoms with Crippen molar-refractivity contribution in [1.29, 1.82) is 0 Å². The molecular weight excluding hydrogens is 250 g/mol. The molecule has 0 fully saturated rings. The van der Waals surface area contributed by atoms with Gasteiger partial charge in [0.05, 0.1) is 6.61 Å². The van der Waals surface area contributed by atoms with Gasteiger partial charge in [0.2, 0.25) is 0 Å². The maximum absolute atomic E-state index is 12.5. The molecule has 0 saturated carbocycles. The fraction of sp³-hybridized carbons (Fsp3) is 0.571. The zero-order chi connectivity index (χ0) is 14.3. The molecule has 3 nitrogen and oxygen atoms in total. The standard InChI is InChI=1S/C14H22F2N2O/c1-3-19-9-8-18(2)13(10-17)11-4-6-12(7-5-11)14(15)16/h4-7,13-14H,3,8-10,17H2,1-2H3. The smallest absolute Gasteiger partial charge is 0.263 e. The van der Waals surface area contributed by atoms with Crippen LogP contribution in [0.4, 0.5) is 8.78 Å². The van der Waals surface area contributed by atoms with E-state index in [1.807, 2.05) is 14.0 Å². The minimum Gasteiger partial charge on any atom is -0.380 e. The Morgan fingerprint density at radius 3 is 2.26 bits per heavy atom. The van der Waals surface area contributed by atoms with Crippen LogP contribution in [0.15, 0.2) is 24.3 Å². The van der Waals surface area contributed by atoms with Crippen molar-refractivity contribution in [3.05, 3.63) is 35.4 Å².